The van der Waals surface area contributed by atoms with E-state index < -0.39 is 6.10 Å². The van der Waals surface area contributed by atoms with Gasteiger partial charge in [0.15, 0.2) is 0 Å². The number of carbonyl (C=O) groups is 1. The molecule has 0 spiro atoms. The summed E-state index contributed by atoms with van der Waals surface area (Å²) in [5, 5.41) is 14.5. The number of hydrogen-bond donors (Lipinski definition) is 2. The fourth-order valence-corrected chi connectivity index (χ4v) is 3.79. The first kappa shape index (κ1) is 23.6. The van der Waals surface area contributed by atoms with E-state index in [9.17, 15) is 9.90 Å². The van der Waals surface area contributed by atoms with Gasteiger partial charge in [0.25, 0.3) is 0 Å². The van der Waals surface area contributed by atoms with Gasteiger partial charge in [0.1, 0.15) is 6.61 Å². The van der Waals surface area contributed by atoms with Crippen molar-refractivity contribution >= 4 is 30.0 Å². The van der Waals surface area contributed by atoms with Crippen molar-refractivity contribution in [3.05, 3.63) is 70.2 Å². The SMILES string of the molecule is CCOC(=O)COC1c2ccccc2CCC1NCC(O)c1cccc(Cl)c1.Cl. The Morgan fingerprint density at radius 3 is 2.83 bits per heavy atom. The molecule has 29 heavy (non-hydrogen) atoms. The molecule has 5 nitrogen and oxygen atoms in total. The zero-order valence-electron chi connectivity index (χ0n) is 16.3. The number of nitrogens with one attached hydrogen (secondary N) is 1. The minimum absolute atomic E-state index is 0. The number of carbonyl (C=O) groups excluding carboxylic acids is 1. The Labute approximate surface area is 182 Å². The molecule has 0 bridgehead atoms. The summed E-state index contributed by atoms with van der Waals surface area (Å²) in [6.45, 7) is 2.38. The van der Waals surface area contributed by atoms with Gasteiger partial charge in [0.05, 0.1) is 18.8 Å². The molecule has 1 aliphatic carbocycles. The van der Waals surface area contributed by atoms with Crippen molar-refractivity contribution in [3.63, 3.8) is 0 Å². The van der Waals surface area contributed by atoms with Crippen LogP contribution in [0.2, 0.25) is 5.02 Å². The number of hydrogen-bond acceptors (Lipinski definition) is 5. The quantitative estimate of drug-likeness (QED) is 0.607. The first-order chi connectivity index (χ1) is 13.6. The van der Waals surface area contributed by atoms with Crippen molar-refractivity contribution in [2.24, 2.45) is 0 Å². The highest BCUT2D eigenvalue weighted by atomic mass is 35.5. The van der Waals surface area contributed by atoms with Gasteiger partial charge in [-0.05, 0) is 48.6 Å². The Bertz CT molecular complexity index is 802. The van der Waals surface area contributed by atoms with Crippen LogP contribution in [-0.2, 0) is 20.7 Å². The number of halogens is 2. The molecule has 2 aromatic carbocycles. The van der Waals surface area contributed by atoms with Gasteiger partial charge < -0.3 is 19.9 Å². The molecule has 158 valence electrons. The number of benzene rings is 2. The fourth-order valence-electron chi connectivity index (χ4n) is 3.59. The van der Waals surface area contributed by atoms with Gasteiger partial charge in [-0.25, -0.2) is 4.79 Å². The molecule has 0 radical (unpaired) electrons. The second kappa shape index (κ2) is 11.5. The molecule has 3 rings (SSSR count). The average Bonchev–Trinajstić information content (AvgIpc) is 2.70. The molecule has 0 heterocycles. The summed E-state index contributed by atoms with van der Waals surface area (Å²) in [4.78, 5) is 11.8. The van der Waals surface area contributed by atoms with Crippen LogP contribution in [0.3, 0.4) is 0 Å². The fraction of sp³-hybridized carbons (Fsp3) is 0.409. The minimum Gasteiger partial charge on any atom is -0.464 e. The minimum atomic E-state index is -0.679. The van der Waals surface area contributed by atoms with E-state index in [1.54, 1.807) is 19.1 Å². The van der Waals surface area contributed by atoms with Gasteiger partial charge in [0, 0.05) is 17.6 Å². The topological polar surface area (TPSA) is 67.8 Å². The Morgan fingerprint density at radius 1 is 1.28 bits per heavy atom. The molecule has 0 saturated heterocycles. The second-order valence-corrected chi connectivity index (χ2v) is 7.30. The number of aliphatic hydroxyl groups is 1. The Kier molecular flexibility index (Phi) is 9.40. The number of fused-ring (bicyclic) bond motifs is 1. The molecule has 7 heteroatoms. The van der Waals surface area contributed by atoms with Crippen LogP contribution in [0.1, 0.15) is 42.2 Å². The number of rotatable bonds is 8. The van der Waals surface area contributed by atoms with E-state index >= 15 is 0 Å². The summed E-state index contributed by atoms with van der Waals surface area (Å²) < 4.78 is 10.9. The molecule has 3 unspecified atom stereocenters. The first-order valence-electron chi connectivity index (χ1n) is 9.60. The van der Waals surface area contributed by atoms with Crippen molar-refractivity contribution in [3.8, 4) is 0 Å². The van der Waals surface area contributed by atoms with Gasteiger partial charge >= 0.3 is 5.97 Å². The Balaban J connectivity index is 0.00000300. The summed E-state index contributed by atoms with van der Waals surface area (Å²) in [6, 6.07) is 15.3. The highest BCUT2D eigenvalue weighted by molar-refractivity contribution is 6.30. The molecule has 0 aromatic heterocycles. The molecular weight excluding hydrogens is 413 g/mol. The van der Waals surface area contributed by atoms with E-state index in [0.717, 1.165) is 24.0 Å². The molecule has 2 N–H and O–H groups in total. The van der Waals surface area contributed by atoms with Crippen LogP contribution in [0, 0.1) is 0 Å². The molecule has 0 aliphatic heterocycles. The first-order valence-corrected chi connectivity index (χ1v) is 9.98. The molecule has 1 aliphatic rings. The van der Waals surface area contributed by atoms with Crippen LogP contribution >= 0.6 is 24.0 Å². The zero-order valence-corrected chi connectivity index (χ0v) is 17.9. The Morgan fingerprint density at radius 2 is 2.07 bits per heavy atom. The molecule has 0 saturated carbocycles. The van der Waals surface area contributed by atoms with E-state index in [1.807, 2.05) is 30.3 Å². The van der Waals surface area contributed by atoms with Crippen molar-refractivity contribution in [2.75, 3.05) is 19.8 Å². The summed E-state index contributed by atoms with van der Waals surface area (Å²) in [7, 11) is 0. The van der Waals surface area contributed by atoms with Gasteiger partial charge in [0.2, 0.25) is 0 Å². The molecule has 0 fully saturated rings. The van der Waals surface area contributed by atoms with Gasteiger partial charge in [-0.3, -0.25) is 0 Å². The van der Waals surface area contributed by atoms with Crippen LogP contribution < -0.4 is 5.32 Å². The summed E-state index contributed by atoms with van der Waals surface area (Å²) in [5.41, 5.74) is 3.07. The van der Waals surface area contributed by atoms with E-state index in [1.165, 1.54) is 5.56 Å². The maximum atomic E-state index is 11.8. The van der Waals surface area contributed by atoms with Crippen LogP contribution in [0.4, 0.5) is 0 Å². The van der Waals surface area contributed by atoms with Crippen molar-refractivity contribution in [2.45, 2.75) is 38.0 Å². The number of esters is 1. The van der Waals surface area contributed by atoms with Gasteiger partial charge in [-0.2, -0.15) is 0 Å². The highest BCUT2D eigenvalue weighted by Crippen LogP contribution is 2.33. The number of aryl methyl sites for hydroxylation is 1. The highest BCUT2D eigenvalue weighted by Gasteiger charge is 2.31. The second-order valence-electron chi connectivity index (χ2n) is 6.86. The molecular formula is C22H27Cl2NO4. The monoisotopic (exact) mass is 439 g/mol. The average molecular weight is 440 g/mol. The predicted octanol–water partition coefficient (Wildman–Crippen LogP) is 4.02. The third-order valence-electron chi connectivity index (χ3n) is 4.94. The van der Waals surface area contributed by atoms with Gasteiger partial charge in [-0.15, -0.1) is 12.4 Å². The third kappa shape index (κ3) is 6.43. The summed E-state index contributed by atoms with van der Waals surface area (Å²) >= 11 is 6.02. The normalized spacial score (nSPS) is 19.0. The van der Waals surface area contributed by atoms with E-state index in [0.29, 0.717) is 18.2 Å². The van der Waals surface area contributed by atoms with Crippen LogP contribution in [0.15, 0.2) is 48.5 Å². The lowest BCUT2D eigenvalue weighted by atomic mass is 9.85. The Hall–Kier alpha value is -1.63. The molecule has 0 amide bonds. The zero-order chi connectivity index (χ0) is 19.9. The summed E-state index contributed by atoms with van der Waals surface area (Å²) in [6.07, 6.45) is 0.815. The van der Waals surface area contributed by atoms with Gasteiger partial charge in [-0.1, -0.05) is 48.0 Å². The smallest absolute Gasteiger partial charge is 0.332 e. The lowest BCUT2D eigenvalue weighted by Crippen LogP contribution is -2.42. The third-order valence-corrected chi connectivity index (χ3v) is 5.18. The van der Waals surface area contributed by atoms with Crippen molar-refractivity contribution in [1.82, 2.24) is 5.32 Å². The van der Waals surface area contributed by atoms with E-state index in [2.05, 4.69) is 11.4 Å². The predicted molar refractivity (Wildman–Crippen MR) is 116 cm³/mol. The standard InChI is InChI=1S/C22H26ClNO4.ClH/c1-2-27-21(26)14-28-22-18-9-4-3-6-15(18)10-11-19(22)24-13-20(25)16-7-5-8-17(23)12-16;/h3-9,12,19-20,22,24-25H,2,10-11,13-14H2,1H3;1H. The molecule has 2 aromatic rings. The van der Waals surface area contributed by atoms with Crippen LogP contribution in [0.25, 0.3) is 0 Å². The van der Waals surface area contributed by atoms with E-state index in [-0.39, 0.29) is 37.1 Å². The maximum absolute atomic E-state index is 11.8. The lowest BCUT2D eigenvalue weighted by molar-refractivity contribution is -0.151. The van der Waals surface area contributed by atoms with Crippen LogP contribution in [0.5, 0.6) is 0 Å². The van der Waals surface area contributed by atoms with E-state index in [4.69, 9.17) is 21.1 Å². The number of aliphatic hydroxyl groups excluding tert-OH is 1. The van der Waals surface area contributed by atoms with Crippen molar-refractivity contribution in [1.29, 1.82) is 0 Å². The maximum Gasteiger partial charge on any atom is 0.332 e. The van der Waals surface area contributed by atoms with Crippen molar-refractivity contribution < 1.29 is 19.4 Å². The lowest BCUT2D eigenvalue weighted by Gasteiger charge is -2.34. The number of ether oxygens (including phenoxy) is 2. The largest absolute Gasteiger partial charge is 0.464 e. The molecule has 3 atom stereocenters. The van der Waals surface area contributed by atoms with Crippen LogP contribution in [-0.4, -0.2) is 36.9 Å². The summed E-state index contributed by atoms with van der Waals surface area (Å²) in [5.74, 6) is -0.372.